The average Bonchev–Trinajstić information content (AvgIpc) is 2.11. The molecule has 0 saturated carbocycles. The standard InChI is InChI=1S/C10H10FNO/c11-7-4-2-1-3-6(7)10-9-8(13-10)5-12-9/h1-4,8-10,12H,5H2/t8?,9-,10+/m1/s1. The van der Waals surface area contributed by atoms with Crippen LogP contribution in [0.15, 0.2) is 24.3 Å². The summed E-state index contributed by atoms with van der Waals surface area (Å²) in [5, 5.41) is 3.23. The Bertz CT molecular complexity index is 341. The number of hydrogen-bond donors (Lipinski definition) is 1. The molecule has 0 spiro atoms. The van der Waals surface area contributed by atoms with Gasteiger partial charge in [-0.3, -0.25) is 0 Å². The molecule has 1 unspecified atom stereocenters. The van der Waals surface area contributed by atoms with Gasteiger partial charge in [-0.05, 0) is 6.07 Å². The number of nitrogens with one attached hydrogen (secondary N) is 1. The monoisotopic (exact) mass is 179 g/mol. The highest BCUT2D eigenvalue weighted by atomic mass is 19.1. The Hall–Kier alpha value is -0.930. The summed E-state index contributed by atoms with van der Waals surface area (Å²) >= 11 is 0. The Morgan fingerprint density at radius 2 is 2.23 bits per heavy atom. The van der Waals surface area contributed by atoms with Gasteiger partial charge < -0.3 is 10.1 Å². The fraction of sp³-hybridized carbons (Fsp3) is 0.400. The zero-order valence-corrected chi connectivity index (χ0v) is 7.03. The van der Waals surface area contributed by atoms with Gasteiger partial charge in [0.15, 0.2) is 0 Å². The van der Waals surface area contributed by atoms with Gasteiger partial charge in [0, 0.05) is 12.1 Å². The molecular formula is C10H10FNO. The lowest BCUT2D eigenvalue weighted by Crippen LogP contribution is -2.69. The van der Waals surface area contributed by atoms with Gasteiger partial charge in [-0.1, -0.05) is 18.2 Å². The molecule has 0 radical (unpaired) electrons. The van der Waals surface area contributed by atoms with Crippen molar-refractivity contribution in [3.63, 3.8) is 0 Å². The number of ether oxygens (including phenoxy) is 1. The van der Waals surface area contributed by atoms with Crippen LogP contribution in [-0.4, -0.2) is 18.7 Å². The molecule has 3 heteroatoms. The molecule has 2 saturated heterocycles. The van der Waals surface area contributed by atoms with Crippen molar-refractivity contribution in [3.8, 4) is 0 Å². The molecule has 2 aliphatic heterocycles. The molecule has 2 nitrogen and oxygen atoms in total. The van der Waals surface area contributed by atoms with Gasteiger partial charge in [-0.15, -0.1) is 0 Å². The normalized spacial score (nSPS) is 35.9. The van der Waals surface area contributed by atoms with Gasteiger partial charge in [0.2, 0.25) is 0 Å². The minimum Gasteiger partial charge on any atom is -0.365 e. The van der Waals surface area contributed by atoms with Crippen LogP contribution >= 0.6 is 0 Å². The van der Waals surface area contributed by atoms with Crippen molar-refractivity contribution >= 4 is 0 Å². The third kappa shape index (κ3) is 0.943. The molecule has 1 N–H and O–H groups in total. The summed E-state index contributed by atoms with van der Waals surface area (Å²) in [7, 11) is 0. The first-order valence-electron chi connectivity index (χ1n) is 4.49. The van der Waals surface area contributed by atoms with Gasteiger partial charge >= 0.3 is 0 Å². The number of hydrogen-bond acceptors (Lipinski definition) is 2. The SMILES string of the molecule is Fc1ccccc1[C@@H]1OC2CN[C@H]21. The first-order valence-corrected chi connectivity index (χ1v) is 4.49. The van der Waals surface area contributed by atoms with E-state index in [4.69, 9.17) is 4.74 Å². The smallest absolute Gasteiger partial charge is 0.129 e. The van der Waals surface area contributed by atoms with Crippen molar-refractivity contribution in [1.82, 2.24) is 5.32 Å². The third-order valence-corrected chi connectivity index (χ3v) is 2.81. The van der Waals surface area contributed by atoms with Crippen LogP contribution in [0.1, 0.15) is 11.7 Å². The highest BCUT2D eigenvalue weighted by Crippen LogP contribution is 2.40. The maximum Gasteiger partial charge on any atom is 0.129 e. The molecule has 0 aromatic heterocycles. The lowest BCUT2D eigenvalue weighted by molar-refractivity contribution is -0.204. The first kappa shape index (κ1) is 7.47. The highest BCUT2D eigenvalue weighted by Gasteiger charge is 2.50. The Kier molecular flexibility index (Phi) is 1.45. The number of benzene rings is 1. The molecule has 68 valence electrons. The van der Waals surface area contributed by atoms with Crippen LogP contribution in [0.5, 0.6) is 0 Å². The average molecular weight is 179 g/mol. The Morgan fingerprint density at radius 1 is 1.38 bits per heavy atom. The van der Waals surface area contributed by atoms with Crippen molar-refractivity contribution < 1.29 is 9.13 Å². The number of halogens is 1. The van der Waals surface area contributed by atoms with E-state index in [1.807, 2.05) is 6.07 Å². The van der Waals surface area contributed by atoms with E-state index in [-0.39, 0.29) is 11.9 Å². The second-order valence-corrected chi connectivity index (χ2v) is 3.55. The van der Waals surface area contributed by atoms with E-state index >= 15 is 0 Å². The molecule has 2 aliphatic rings. The fourth-order valence-electron chi connectivity index (χ4n) is 1.94. The number of fused-ring (bicyclic) bond motifs is 1. The maximum atomic E-state index is 13.3. The van der Waals surface area contributed by atoms with E-state index in [0.717, 1.165) is 6.54 Å². The summed E-state index contributed by atoms with van der Waals surface area (Å²) in [6.07, 6.45) is 0.254. The summed E-state index contributed by atoms with van der Waals surface area (Å²) in [4.78, 5) is 0. The van der Waals surface area contributed by atoms with Crippen LogP contribution in [0.2, 0.25) is 0 Å². The van der Waals surface area contributed by atoms with Crippen LogP contribution in [0.25, 0.3) is 0 Å². The first-order chi connectivity index (χ1) is 6.36. The van der Waals surface area contributed by atoms with Crippen molar-refractivity contribution in [1.29, 1.82) is 0 Å². The fourth-order valence-corrected chi connectivity index (χ4v) is 1.94. The number of rotatable bonds is 1. The molecule has 1 aromatic rings. The second kappa shape index (κ2) is 2.53. The van der Waals surface area contributed by atoms with Crippen LogP contribution < -0.4 is 5.32 Å². The zero-order chi connectivity index (χ0) is 8.84. The molecule has 3 rings (SSSR count). The predicted octanol–water partition coefficient (Wildman–Crippen LogP) is 1.24. The van der Waals surface area contributed by atoms with Gasteiger partial charge in [0.05, 0.1) is 12.1 Å². The zero-order valence-electron chi connectivity index (χ0n) is 7.03. The van der Waals surface area contributed by atoms with Gasteiger partial charge in [-0.2, -0.15) is 0 Å². The van der Waals surface area contributed by atoms with Gasteiger partial charge in [0.25, 0.3) is 0 Å². The van der Waals surface area contributed by atoms with Crippen LogP contribution in [0.3, 0.4) is 0 Å². The van der Waals surface area contributed by atoms with Crippen molar-refractivity contribution in [2.75, 3.05) is 6.54 Å². The highest BCUT2D eigenvalue weighted by molar-refractivity contribution is 5.26. The van der Waals surface area contributed by atoms with E-state index in [2.05, 4.69) is 5.32 Å². The van der Waals surface area contributed by atoms with E-state index in [1.165, 1.54) is 6.07 Å². The van der Waals surface area contributed by atoms with E-state index in [1.54, 1.807) is 12.1 Å². The molecular weight excluding hydrogens is 169 g/mol. The summed E-state index contributed by atoms with van der Waals surface area (Å²) in [5.41, 5.74) is 0.677. The molecule has 3 atom stereocenters. The molecule has 0 aliphatic carbocycles. The van der Waals surface area contributed by atoms with E-state index < -0.39 is 0 Å². The minimum absolute atomic E-state index is 0.0695. The molecule has 2 fully saturated rings. The number of morpholine rings is 1. The topological polar surface area (TPSA) is 21.3 Å². The third-order valence-electron chi connectivity index (χ3n) is 2.81. The lowest BCUT2D eigenvalue weighted by atomic mass is 9.86. The van der Waals surface area contributed by atoms with Crippen LogP contribution in [0.4, 0.5) is 4.39 Å². The van der Waals surface area contributed by atoms with Crippen molar-refractivity contribution in [2.45, 2.75) is 18.2 Å². The summed E-state index contributed by atoms with van der Waals surface area (Å²) in [6.45, 7) is 0.912. The molecule has 1 aromatic carbocycles. The summed E-state index contributed by atoms with van der Waals surface area (Å²) in [5.74, 6) is -0.167. The Balaban J connectivity index is 1.89. The molecule has 0 bridgehead atoms. The summed E-state index contributed by atoms with van der Waals surface area (Å²) in [6, 6.07) is 7.15. The molecule has 2 heterocycles. The molecule has 13 heavy (non-hydrogen) atoms. The van der Waals surface area contributed by atoms with Crippen LogP contribution in [-0.2, 0) is 4.74 Å². The van der Waals surface area contributed by atoms with Crippen molar-refractivity contribution in [2.24, 2.45) is 0 Å². The van der Waals surface area contributed by atoms with Gasteiger partial charge in [0.1, 0.15) is 11.9 Å². The molecule has 0 amide bonds. The van der Waals surface area contributed by atoms with Crippen LogP contribution in [0, 0.1) is 5.82 Å². The maximum absolute atomic E-state index is 13.3. The quantitative estimate of drug-likeness (QED) is 0.700. The van der Waals surface area contributed by atoms with Crippen molar-refractivity contribution in [3.05, 3.63) is 35.6 Å². The predicted molar refractivity (Wildman–Crippen MR) is 45.8 cm³/mol. The lowest BCUT2D eigenvalue weighted by Gasteiger charge is -2.53. The van der Waals surface area contributed by atoms with E-state index in [9.17, 15) is 4.39 Å². The Morgan fingerprint density at radius 3 is 2.77 bits per heavy atom. The minimum atomic E-state index is -0.167. The second-order valence-electron chi connectivity index (χ2n) is 3.55. The van der Waals surface area contributed by atoms with E-state index in [0.29, 0.717) is 17.7 Å². The largest absolute Gasteiger partial charge is 0.365 e. The Labute approximate surface area is 75.7 Å². The van der Waals surface area contributed by atoms with Gasteiger partial charge in [-0.25, -0.2) is 4.39 Å². The summed E-state index contributed by atoms with van der Waals surface area (Å²) < 4.78 is 18.8.